The lowest BCUT2D eigenvalue weighted by Gasteiger charge is -2.12. The molecule has 0 spiro atoms. The number of H-pyrrole nitrogens is 2. The maximum Gasteiger partial charge on any atom is 0.342 e. The summed E-state index contributed by atoms with van der Waals surface area (Å²) in [6, 6.07) is 9.93. The second-order valence-corrected chi connectivity index (χ2v) is 7.23. The van der Waals surface area contributed by atoms with Crippen molar-refractivity contribution in [1.29, 1.82) is 0 Å². The molecule has 0 atom stereocenters. The van der Waals surface area contributed by atoms with Crippen molar-refractivity contribution >= 4 is 24.5 Å². The Morgan fingerprint density at radius 2 is 1.93 bits per heavy atom. The summed E-state index contributed by atoms with van der Waals surface area (Å²) in [5, 5.41) is 25.9. The first-order valence-electron chi connectivity index (χ1n) is 8.95. The fourth-order valence-corrected chi connectivity index (χ4v) is 3.35. The Morgan fingerprint density at radius 1 is 1.17 bits per heavy atom. The smallest absolute Gasteiger partial charge is 0.342 e. The number of aliphatic imine (C=N–C) groups is 1. The van der Waals surface area contributed by atoms with Gasteiger partial charge in [0.25, 0.3) is 0 Å². The number of rotatable bonds is 4. The first-order valence-corrected chi connectivity index (χ1v) is 9.36. The molecule has 150 valence electrons. The minimum atomic E-state index is -0.325. The molecule has 0 unspecified atom stereocenters. The second-order valence-electron chi connectivity index (χ2n) is 6.82. The monoisotopic (exact) mass is 410 g/mol. The number of hydrogen-bond acceptors (Lipinski definition) is 4. The number of aromatic amines is 2. The van der Waals surface area contributed by atoms with Crippen LogP contribution in [-0.4, -0.2) is 51.7 Å². The molecule has 8 heteroatoms. The Bertz CT molecular complexity index is 1150. The number of urea groups is 1. The van der Waals surface area contributed by atoms with Crippen LogP contribution in [-0.2, 0) is 6.42 Å². The number of carbonyl (C=O) groups excluding carboxylic acids is 1. The Morgan fingerprint density at radius 3 is 2.62 bits per heavy atom. The van der Waals surface area contributed by atoms with Crippen molar-refractivity contribution in [2.75, 3.05) is 14.1 Å². The van der Waals surface area contributed by atoms with Crippen LogP contribution in [0.4, 0.5) is 4.79 Å². The van der Waals surface area contributed by atoms with E-state index >= 15 is 0 Å². The van der Waals surface area contributed by atoms with Crippen molar-refractivity contribution < 1.29 is 15.0 Å². The maximum atomic E-state index is 11.7. The molecule has 0 fully saturated rings. The molecule has 2 aromatic carbocycles. The highest BCUT2D eigenvalue weighted by molar-refractivity contribution is 7.71. The summed E-state index contributed by atoms with van der Waals surface area (Å²) in [4.78, 5) is 17.1. The van der Waals surface area contributed by atoms with Gasteiger partial charge >= 0.3 is 6.03 Å². The van der Waals surface area contributed by atoms with Crippen LogP contribution in [0.5, 0.6) is 11.5 Å². The highest BCUT2D eigenvalue weighted by atomic mass is 32.1. The zero-order chi connectivity index (χ0) is 21.1. The highest BCUT2D eigenvalue weighted by Crippen LogP contribution is 2.39. The number of aryl methyl sites for hydroxylation is 1. The molecule has 1 aromatic heterocycles. The minimum Gasteiger partial charge on any atom is -0.508 e. The largest absolute Gasteiger partial charge is 0.508 e. The van der Waals surface area contributed by atoms with Gasteiger partial charge in [0.05, 0.1) is 5.69 Å². The van der Waals surface area contributed by atoms with Gasteiger partial charge in [-0.2, -0.15) is 0 Å². The van der Waals surface area contributed by atoms with Crippen LogP contribution < -0.4 is 0 Å². The van der Waals surface area contributed by atoms with E-state index in [2.05, 4.69) is 15.2 Å². The van der Waals surface area contributed by atoms with Crippen LogP contribution in [0.1, 0.15) is 11.1 Å². The van der Waals surface area contributed by atoms with Gasteiger partial charge in [-0.15, -0.1) is 0 Å². The Labute approximate surface area is 173 Å². The Balaban J connectivity index is 2.11. The summed E-state index contributed by atoms with van der Waals surface area (Å²) in [5.41, 5.74) is 4.73. The van der Waals surface area contributed by atoms with Crippen molar-refractivity contribution in [3.05, 3.63) is 52.2 Å². The van der Waals surface area contributed by atoms with Crippen LogP contribution in [0, 0.1) is 11.6 Å². The Kier molecular flexibility index (Phi) is 5.84. The Hall–Kier alpha value is -3.39. The van der Waals surface area contributed by atoms with Crippen LogP contribution >= 0.6 is 12.2 Å². The van der Waals surface area contributed by atoms with Gasteiger partial charge in [-0.25, -0.2) is 9.79 Å². The molecule has 29 heavy (non-hydrogen) atoms. The number of aromatic hydroxyl groups is 2. The first-order chi connectivity index (χ1) is 13.8. The maximum absolute atomic E-state index is 11.7. The van der Waals surface area contributed by atoms with Gasteiger partial charge < -0.3 is 15.1 Å². The van der Waals surface area contributed by atoms with Crippen molar-refractivity contribution in [1.82, 2.24) is 15.1 Å². The molecule has 3 rings (SSSR count). The number of benzene rings is 2. The normalized spacial score (nSPS) is 11.1. The summed E-state index contributed by atoms with van der Waals surface area (Å²) in [5.74, 6) is -0.0937. The zero-order valence-electron chi connectivity index (χ0n) is 16.4. The van der Waals surface area contributed by atoms with Gasteiger partial charge in [-0.3, -0.25) is 10.2 Å². The fraction of sp³-hybridized carbons (Fsp3) is 0.190. The number of aromatic nitrogens is 2. The molecule has 0 saturated heterocycles. The van der Waals surface area contributed by atoms with E-state index in [9.17, 15) is 15.0 Å². The number of nitrogens with zero attached hydrogens (tertiary/aromatic N) is 2. The molecule has 0 aliphatic heterocycles. The zero-order valence-corrected chi connectivity index (χ0v) is 17.2. The number of carbonyl (C=O) groups is 1. The molecule has 0 saturated carbocycles. The van der Waals surface area contributed by atoms with Gasteiger partial charge in [0.2, 0.25) is 0 Å². The molecule has 3 aromatic rings. The third-order valence-corrected chi connectivity index (χ3v) is 4.89. The predicted molar refractivity (Wildman–Crippen MR) is 116 cm³/mol. The lowest BCUT2D eigenvalue weighted by molar-refractivity contribution is 0.227. The summed E-state index contributed by atoms with van der Waals surface area (Å²) in [6.07, 6.45) is 2.04. The molecule has 4 N–H and O–H groups in total. The fourth-order valence-electron chi connectivity index (χ4n) is 3.09. The number of amides is 2. The number of phenolic OH excluding ortho intramolecular Hbond substituents is 2. The van der Waals surface area contributed by atoms with Crippen LogP contribution in [0.3, 0.4) is 0 Å². The van der Waals surface area contributed by atoms with Crippen molar-refractivity contribution in [2.24, 2.45) is 4.99 Å². The number of phenols is 2. The van der Waals surface area contributed by atoms with Crippen molar-refractivity contribution in [3.8, 4) is 33.9 Å². The first kappa shape index (κ1) is 20.3. The number of nitrogens with one attached hydrogen (secondary N) is 2. The van der Waals surface area contributed by atoms with E-state index in [1.807, 2.05) is 25.1 Å². The predicted octanol–water partition coefficient (Wildman–Crippen LogP) is 4.42. The molecular formula is C21H22N4O3S. The van der Waals surface area contributed by atoms with E-state index in [-0.39, 0.29) is 17.5 Å². The quantitative estimate of drug-likeness (QED) is 0.377. The molecule has 0 aliphatic carbocycles. The SMILES string of the molecule is Cc1cccc(-c2c(-c3ccc(O)cc3O)[nH][nH]c2=S)c1CC=NC(=O)N(C)C. The van der Waals surface area contributed by atoms with Gasteiger partial charge in [0.1, 0.15) is 16.1 Å². The molecule has 0 radical (unpaired) electrons. The van der Waals surface area contributed by atoms with Crippen molar-refractivity contribution in [3.63, 3.8) is 0 Å². The van der Waals surface area contributed by atoms with E-state index in [1.54, 1.807) is 26.4 Å². The molecule has 0 bridgehead atoms. The summed E-state index contributed by atoms with van der Waals surface area (Å²) < 4.78 is 0.487. The lowest BCUT2D eigenvalue weighted by Crippen LogP contribution is -2.17. The van der Waals surface area contributed by atoms with Crippen LogP contribution in [0.15, 0.2) is 41.4 Å². The summed E-state index contributed by atoms with van der Waals surface area (Å²) >= 11 is 5.50. The summed E-state index contributed by atoms with van der Waals surface area (Å²) in [6.45, 7) is 1.98. The van der Waals surface area contributed by atoms with Gasteiger partial charge in [-0.05, 0) is 35.7 Å². The minimum absolute atomic E-state index is 0.0278. The molecule has 2 amide bonds. The third kappa shape index (κ3) is 4.22. The summed E-state index contributed by atoms with van der Waals surface area (Å²) in [7, 11) is 3.29. The van der Waals surface area contributed by atoms with E-state index in [0.717, 1.165) is 22.3 Å². The lowest BCUT2D eigenvalue weighted by atomic mass is 9.92. The van der Waals surface area contributed by atoms with Crippen molar-refractivity contribution in [2.45, 2.75) is 13.3 Å². The van der Waals surface area contributed by atoms with E-state index in [1.165, 1.54) is 17.0 Å². The van der Waals surface area contributed by atoms with Crippen LogP contribution in [0.25, 0.3) is 22.4 Å². The topological polar surface area (TPSA) is 105 Å². The average molecular weight is 410 g/mol. The molecular weight excluding hydrogens is 388 g/mol. The van der Waals surface area contributed by atoms with E-state index in [4.69, 9.17) is 12.2 Å². The van der Waals surface area contributed by atoms with E-state index in [0.29, 0.717) is 22.3 Å². The molecule has 1 heterocycles. The molecule has 0 aliphatic rings. The highest BCUT2D eigenvalue weighted by Gasteiger charge is 2.18. The van der Waals surface area contributed by atoms with E-state index < -0.39 is 0 Å². The molecule has 7 nitrogen and oxygen atoms in total. The number of hydrogen-bond donors (Lipinski definition) is 4. The van der Waals surface area contributed by atoms with Gasteiger partial charge in [0, 0.05) is 43.9 Å². The second kappa shape index (κ2) is 8.32. The van der Waals surface area contributed by atoms with Crippen LogP contribution in [0.2, 0.25) is 0 Å². The van der Waals surface area contributed by atoms with Gasteiger partial charge in [0.15, 0.2) is 0 Å². The third-order valence-electron chi connectivity index (χ3n) is 4.59. The standard InChI is InChI=1S/C21H22N4O3S/c1-12-5-4-6-15(14(12)9-10-22-21(28)25(2)3)18-19(23-24-20(18)29)16-8-7-13(26)11-17(16)27/h4-8,10-11,26-27H,9H2,1-3H3,(H2,23,24,29). The average Bonchev–Trinajstić information content (AvgIpc) is 3.03. The van der Waals surface area contributed by atoms with Gasteiger partial charge in [-0.1, -0.05) is 30.4 Å².